The van der Waals surface area contributed by atoms with E-state index >= 15 is 0 Å². The predicted octanol–water partition coefficient (Wildman–Crippen LogP) is 4.47. The summed E-state index contributed by atoms with van der Waals surface area (Å²) in [5.74, 6) is 0.170. The Morgan fingerprint density at radius 3 is 2.17 bits per heavy atom. The van der Waals surface area contributed by atoms with Crippen LogP contribution in [-0.2, 0) is 4.79 Å². The fraction of sp³-hybridized carbons (Fsp3) is 0.250. The minimum atomic E-state index is -0.488. The van der Waals surface area contributed by atoms with E-state index in [1.807, 2.05) is 0 Å². The molecule has 0 radical (unpaired) electrons. The molecule has 0 aliphatic heterocycles. The molecule has 8 nitrogen and oxygen atoms in total. The molecule has 2 rings (SSSR count). The monoisotopic (exact) mass is 590 g/mol. The van der Waals surface area contributed by atoms with Crippen LogP contribution in [0.15, 0.2) is 38.5 Å². The lowest BCUT2D eigenvalue weighted by atomic mass is 10.4. The number of nitrogen functional groups attached to an aromatic ring is 1. The number of aromatic nitrogens is 2. The molecule has 2 amide bonds. The number of hydrogen-bond acceptors (Lipinski definition) is 6. The van der Waals surface area contributed by atoms with Crippen LogP contribution in [0.1, 0.15) is 0 Å². The number of anilines is 2. The highest BCUT2D eigenvalue weighted by atomic mass is 79.9. The SMILES string of the molecule is Nc1cc(F)c(Br)cn1.O=C(NCCCl)Nc1cc(F)c(Br)cn1.O=C=NCCCl. The Bertz CT molecular complexity index is 860. The van der Waals surface area contributed by atoms with Gasteiger partial charge in [0, 0.05) is 42.8 Å². The maximum Gasteiger partial charge on any atom is 0.320 e. The fourth-order valence-electron chi connectivity index (χ4n) is 1.32. The Labute approximate surface area is 197 Å². The van der Waals surface area contributed by atoms with Crippen LogP contribution in [0.5, 0.6) is 0 Å². The van der Waals surface area contributed by atoms with E-state index in [1.54, 1.807) is 0 Å². The van der Waals surface area contributed by atoms with Crippen molar-refractivity contribution in [1.82, 2.24) is 15.3 Å². The summed E-state index contributed by atoms with van der Waals surface area (Å²) in [5, 5.41) is 4.82. The van der Waals surface area contributed by atoms with Gasteiger partial charge in [0.05, 0.1) is 15.5 Å². The molecule has 2 aromatic heterocycles. The molecular weight excluding hydrogens is 577 g/mol. The van der Waals surface area contributed by atoms with Gasteiger partial charge in [-0.05, 0) is 31.9 Å². The minimum Gasteiger partial charge on any atom is -0.384 e. The van der Waals surface area contributed by atoms with Crippen molar-refractivity contribution in [3.8, 4) is 0 Å². The Morgan fingerprint density at radius 1 is 1.13 bits per heavy atom. The van der Waals surface area contributed by atoms with Gasteiger partial charge in [-0.15, -0.1) is 23.2 Å². The molecule has 0 spiro atoms. The average molecular weight is 593 g/mol. The van der Waals surface area contributed by atoms with Crippen LogP contribution in [0.25, 0.3) is 0 Å². The van der Waals surface area contributed by atoms with E-state index in [2.05, 4.69) is 57.5 Å². The Kier molecular flexibility index (Phi) is 15.9. The highest BCUT2D eigenvalue weighted by Gasteiger charge is 2.05. The van der Waals surface area contributed by atoms with E-state index in [9.17, 15) is 18.4 Å². The second kappa shape index (κ2) is 16.9. The van der Waals surface area contributed by atoms with Crippen LogP contribution >= 0.6 is 55.1 Å². The number of urea groups is 1. The van der Waals surface area contributed by atoms with Gasteiger partial charge in [-0.2, -0.15) is 0 Å². The van der Waals surface area contributed by atoms with Gasteiger partial charge in [-0.3, -0.25) is 5.32 Å². The quantitative estimate of drug-likeness (QED) is 0.269. The third-order valence-corrected chi connectivity index (χ3v) is 4.05. The largest absolute Gasteiger partial charge is 0.384 e. The van der Waals surface area contributed by atoms with Crippen LogP contribution < -0.4 is 16.4 Å². The number of amides is 2. The number of isocyanates is 1. The molecule has 30 heavy (non-hydrogen) atoms. The zero-order chi connectivity index (χ0) is 22.9. The van der Waals surface area contributed by atoms with Crippen molar-refractivity contribution in [3.05, 3.63) is 45.1 Å². The molecule has 0 aliphatic rings. The molecule has 0 unspecified atom stereocenters. The molecule has 0 aromatic carbocycles. The number of hydrogen-bond donors (Lipinski definition) is 3. The normalized spacial score (nSPS) is 9.13. The molecule has 0 saturated heterocycles. The number of halogens is 6. The maximum absolute atomic E-state index is 13.0. The van der Waals surface area contributed by atoms with Gasteiger partial charge in [-0.25, -0.2) is 33.3 Å². The van der Waals surface area contributed by atoms with Crippen LogP contribution in [0.2, 0.25) is 0 Å². The first kappa shape index (κ1) is 28.1. The van der Waals surface area contributed by atoms with Gasteiger partial charge >= 0.3 is 6.03 Å². The third-order valence-electron chi connectivity index (χ3n) is 2.52. The van der Waals surface area contributed by atoms with Gasteiger partial charge < -0.3 is 11.1 Å². The van der Waals surface area contributed by atoms with E-state index in [0.717, 1.165) is 12.1 Å². The van der Waals surface area contributed by atoms with E-state index in [-0.39, 0.29) is 21.9 Å². The summed E-state index contributed by atoms with van der Waals surface area (Å²) in [5.41, 5.74) is 5.16. The molecule has 14 heteroatoms. The molecule has 164 valence electrons. The van der Waals surface area contributed by atoms with Crippen molar-refractivity contribution in [2.75, 3.05) is 35.9 Å². The molecule has 0 saturated carbocycles. The number of aliphatic imine (C=N–C) groups is 1. The minimum absolute atomic E-state index is 0.141. The molecule has 0 atom stereocenters. The Hall–Kier alpha value is -1.85. The Balaban J connectivity index is 0.000000475. The lowest BCUT2D eigenvalue weighted by molar-refractivity contribution is 0.252. The predicted molar refractivity (Wildman–Crippen MR) is 120 cm³/mol. The number of rotatable bonds is 5. The highest BCUT2D eigenvalue weighted by molar-refractivity contribution is 9.10. The summed E-state index contributed by atoms with van der Waals surface area (Å²) in [4.78, 5) is 30.9. The van der Waals surface area contributed by atoms with Gasteiger partial charge in [-0.1, -0.05) is 0 Å². The summed E-state index contributed by atoms with van der Waals surface area (Å²) in [6.45, 7) is 0.720. The fourth-order valence-corrected chi connectivity index (χ4v) is 1.93. The number of pyridine rings is 2. The molecule has 2 aromatic rings. The molecule has 0 aliphatic carbocycles. The topological polar surface area (TPSA) is 122 Å². The molecular formula is C16H16Br2Cl2F2N6O2. The van der Waals surface area contributed by atoms with Crippen molar-refractivity contribution in [1.29, 1.82) is 0 Å². The zero-order valence-electron chi connectivity index (χ0n) is 15.1. The van der Waals surface area contributed by atoms with Crippen LogP contribution in [-0.4, -0.2) is 46.9 Å². The number of carbonyl (C=O) groups excluding carboxylic acids is 2. The number of nitrogens with zero attached hydrogens (tertiary/aromatic N) is 3. The lowest BCUT2D eigenvalue weighted by Gasteiger charge is -2.05. The van der Waals surface area contributed by atoms with Crippen molar-refractivity contribution < 1.29 is 18.4 Å². The van der Waals surface area contributed by atoms with Gasteiger partial charge in [0.25, 0.3) is 0 Å². The van der Waals surface area contributed by atoms with Gasteiger partial charge in [0.15, 0.2) is 0 Å². The number of carbonyl (C=O) groups is 1. The zero-order valence-corrected chi connectivity index (χ0v) is 19.8. The second-order valence-corrected chi connectivity index (χ2v) is 7.20. The van der Waals surface area contributed by atoms with E-state index in [4.69, 9.17) is 28.9 Å². The third kappa shape index (κ3) is 13.4. The maximum atomic E-state index is 13.0. The summed E-state index contributed by atoms with van der Waals surface area (Å²) in [6.07, 6.45) is 3.95. The first-order valence-electron chi connectivity index (χ1n) is 7.83. The first-order chi connectivity index (χ1) is 14.2. The van der Waals surface area contributed by atoms with Crippen molar-refractivity contribution >= 4 is 78.8 Å². The van der Waals surface area contributed by atoms with E-state index < -0.39 is 11.8 Å². The summed E-state index contributed by atoms with van der Waals surface area (Å²) in [7, 11) is 0. The lowest BCUT2D eigenvalue weighted by Crippen LogP contribution is -2.30. The first-order valence-corrected chi connectivity index (χ1v) is 10.5. The van der Waals surface area contributed by atoms with E-state index in [0.29, 0.717) is 29.3 Å². The van der Waals surface area contributed by atoms with Gasteiger partial charge in [0.2, 0.25) is 6.08 Å². The average Bonchev–Trinajstić information content (AvgIpc) is 2.71. The van der Waals surface area contributed by atoms with Crippen molar-refractivity contribution in [3.63, 3.8) is 0 Å². The van der Waals surface area contributed by atoms with E-state index in [1.165, 1.54) is 18.5 Å². The Morgan fingerprint density at radius 2 is 1.73 bits per heavy atom. The summed E-state index contributed by atoms with van der Waals surface area (Å²) in [6, 6.07) is 1.80. The van der Waals surface area contributed by atoms with Crippen molar-refractivity contribution in [2.45, 2.75) is 0 Å². The standard InChI is InChI=1S/C8H8BrClFN3O.C5H4BrFN2.C3H4ClNO/c9-5-4-13-7(3-6(5)11)14-8(15)12-2-1-10;6-3-2-9-5(8)1-4(3)7;4-1-2-5-3-6/h3-4H,1-2H2,(H2,12,13,14,15);1-2H,(H2,8,9);1-2H2. The van der Waals surface area contributed by atoms with Crippen molar-refractivity contribution in [2.24, 2.45) is 4.99 Å². The second-order valence-electron chi connectivity index (χ2n) is 4.74. The summed E-state index contributed by atoms with van der Waals surface area (Å²) < 4.78 is 26.0. The highest BCUT2D eigenvalue weighted by Crippen LogP contribution is 2.16. The molecule has 0 fully saturated rings. The van der Waals surface area contributed by atoms with Crippen LogP contribution in [0.3, 0.4) is 0 Å². The summed E-state index contributed by atoms with van der Waals surface area (Å²) >= 11 is 16.4. The molecule has 0 bridgehead atoms. The number of nitrogens with one attached hydrogen (secondary N) is 2. The molecule has 4 N–H and O–H groups in total. The van der Waals surface area contributed by atoms with Crippen LogP contribution in [0, 0.1) is 11.6 Å². The van der Waals surface area contributed by atoms with Crippen LogP contribution in [0.4, 0.5) is 25.2 Å². The number of alkyl halides is 2. The van der Waals surface area contributed by atoms with Gasteiger partial charge in [0.1, 0.15) is 23.3 Å². The molecule has 2 heterocycles. The number of nitrogens with two attached hydrogens (primary N) is 1. The smallest absolute Gasteiger partial charge is 0.320 e.